The summed E-state index contributed by atoms with van der Waals surface area (Å²) in [6.45, 7) is 3.35. The second-order valence-corrected chi connectivity index (χ2v) is 7.79. The molecule has 8 nitrogen and oxygen atoms in total. The lowest BCUT2D eigenvalue weighted by atomic mass is 10.1. The predicted octanol–water partition coefficient (Wildman–Crippen LogP) is 2.00. The van der Waals surface area contributed by atoms with Gasteiger partial charge in [-0.2, -0.15) is 0 Å². The van der Waals surface area contributed by atoms with Crippen molar-refractivity contribution < 1.29 is 14.3 Å². The Morgan fingerprint density at radius 1 is 1.12 bits per heavy atom. The molecule has 1 heterocycles. The molecule has 0 aliphatic carbocycles. The van der Waals surface area contributed by atoms with E-state index in [1.165, 1.54) is 5.56 Å². The number of carbonyl (C=O) groups excluding carboxylic acids is 1. The number of nitrogens with one attached hydrogen (secondary N) is 3. The van der Waals surface area contributed by atoms with Crippen LogP contribution in [0.15, 0.2) is 47.5 Å². The van der Waals surface area contributed by atoms with Crippen molar-refractivity contribution >= 4 is 11.9 Å². The number of likely N-dealkylation sites (tertiary alicyclic amines) is 1. The van der Waals surface area contributed by atoms with Crippen LogP contribution in [0.4, 0.5) is 0 Å². The van der Waals surface area contributed by atoms with E-state index in [2.05, 4.69) is 38.0 Å². The van der Waals surface area contributed by atoms with Gasteiger partial charge in [0.15, 0.2) is 5.96 Å². The van der Waals surface area contributed by atoms with E-state index in [4.69, 9.17) is 9.47 Å². The fourth-order valence-corrected chi connectivity index (χ4v) is 3.85. The first-order valence-corrected chi connectivity index (χ1v) is 10.8. The Balaban J connectivity index is 1.51. The molecular weight excluding hydrogens is 406 g/mol. The van der Waals surface area contributed by atoms with Crippen molar-refractivity contribution in [3.8, 4) is 11.5 Å². The van der Waals surface area contributed by atoms with Crippen LogP contribution in [0.3, 0.4) is 0 Å². The first-order chi connectivity index (χ1) is 15.5. The molecule has 1 aliphatic heterocycles. The number of hydrogen-bond donors (Lipinski definition) is 3. The average molecular weight is 440 g/mol. The molecule has 0 aromatic heterocycles. The smallest absolute Gasteiger partial charge is 0.251 e. The van der Waals surface area contributed by atoms with E-state index in [0.29, 0.717) is 18.2 Å². The molecule has 3 N–H and O–H groups in total. The van der Waals surface area contributed by atoms with Crippen molar-refractivity contribution in [3.05, 3.63) is 59.2 Å². The lowest BCUT2D eigenvalue weighted by Crippen LogP contribution is -2.44. The molecule has 0 bridgehead atoms. The summed E-state index contributed by atoms with van der Waals surface area (Å²) in [6, 6.07) is 13.9. The van der Waals surface area contributed by atoms with E-state index >= 15 is 0 Å². The van der Waals surface area contributed by atoms with E-state index in [9.17, 15) is 4.79 Å². The fourth-order valence-electron chi connectivity index (χ4n) is 3.85. The molecule has 32 heavy (non-hydrogen) atoms. The minimum atomic E-state index is -0.0888. The number of carbonyl (C=O) groups is 1. The van der Waals surface area contributed by atoms with Crippen molar-refractivity contribution in [1.29, 1.82) is 0 Å². The quantitative estimate of drug-likeness (QED) is 0.431. The predicted molar refractivity (Wildman–Crippen MR) is 126 cm³/mol. The van der Waals surface area contributed by atoms with Gasteiger partial charge in [-0.3, -0.25) is 14.7 Å². The summed E-state index contributed by atoms with van der Waals surface area (Å²) in [7, 11) is 6.74. The average Bonchev–Trinajstić information content (AvgIpc) is 3.27. The summed E-state index contributed by atoms with van der Waals surface area (Å²) >= 11 is 0. The Morgan fingerprint density at radius 2 is 1.88 bits per heavy atom. The lowest BCUT2D eigenvalue weighted by molar-refractivity contribution is 0.0963. The molecule has 3 rings (SSSR count). The molecule has 0 radical (unpaired) electrons. The first-order valence-electron chi connectivity index (χ1n) is 10.8. The summed E-state index contributed by atoms with van der Waals surface area (Å²) in [5.74, 6) is 2.27. The lowest BCUT2D eigenvalue weighted by Gasteiger charge is -2.19. The maximum atomic E-state index is 11.8. The summed E-state index contributed by atoms with van der Waals surface area (Å²) in [6.07, 6.45) is 1.04. The number of rotatable bonds is 8. The van der Waals surface area contributed by atoms with Crippen molar-refractivity contribution in [2.75, 3.05) is 41.4 Å². The number of nitrogens with zero attached hydrogens (tertiary/aromatic N) is 2. The van der Waals surface area contributed by atoms with Crippen LogP contribution in [-0.4, -0.2) is 64.2 Å². The Morgan fingerprint density at radius 3 is 2.53 bits per heavy atom. The minimum Gasteiger partial charge on any atom is -0.497 e. The zero-order valence-corrected chi connectivity index (χ0v) is 19.3. The number of methoxy groups -OCH3 is 2. The molecule has 1 fully saturated rings. The monoisotopic (exact) mass is 439 g/mol. The van der Waals surface area contributed by atoms with Gasteiger partial charge in [0, 0.05) is 57.9 Å². The molecule has 1 atom stereocenters. The van der Waals surface area contributed by atoms with Gasteiger partial charge < -0.3 is 25.4 Å². The highest BCUT2D eigenvalue weighted by molar-refractivity contribution is 5.94. The molecule has 2 aromatic carbocycles. The highest BCUT2D eigenvalue weighted by Gasteiger charge is 2.23. The van der Waals surface area contributed by atoms with Gasteiger partial charge in [0.25, 0.3) is 5.91 Å². The Kier molecular flexibility index (Phi) is 8.33. The summed E-state index contributed by atoms with van der Waals surface area (Å²) in [4.78, 5) is 18.6. The number of benzene rings is 2. The van der Waals surface area contributed by atoms with Gasteiger partial charge in [-0.05, 0) is 41.8 Å². The second-order valence-electron chi connectivity index (χ2n) is 7.79. The number of amides is 1. The SMILES string of the molecule is CN=C(NCc1cccc(C(=O)NC)c1)NC1CCN(Cc2cc(OC)cc(OC)c2)C1. The van der Waals surface area contributed by atoms with Gasteiger partial charge in [-0.25, -0.2) is 0 Å². The summed E-state index contributed by atoms with van der Waals surface area (Å²) < 4.78 is 10.8. The number of guanidine groups is 1. The molecule has 1 amide bonds. The fraction of sp³-hybridized carbons (Fsp3) is 0.417. The zero-order valence-electron chi connectivity index (χ0n) is 19.3. The van der Waals surface area contributed by atoms with Gasteiger partial charge >= 0.3 is 0 Å². The van der Waals surface area contributed by atoms with Crippen molar-refractivity contribution in [1.82, 2.24) is 20.9 Å². The summed E-state index contributed by atoms with van der Waals surface area (Å²) in [5, 5.41) is 9.51. The van der Waals surface area contributed by atoms with E-state index in [1.807, 2.05) is 24.3 Å². The van der Waals surface area contributed by atoms with E-state index in [-0.39, 0.29) is 5.91 Å². The van der Waals surface area contributed by atoms with Crippen LogP contribution in [0.1, 0.15) is 27.9 Å². The Hall–Kier alpha value is -3.26. The van der Waals surface area contributed by atoms with Crippen LogP contribution >= 0.6 is 0 Å². The second kappa shape index (κ2) is 11.4. The third-order valence-corrected chi connectivity index (χ3v) is 5.53. The standard InChI is InChI=1S/C24H33N5O3/c1-25-23(30)19-7-5-6-17(10-19)14-27-24(26-2)28-20-8-9-29(16-20)15-18-11-21(31-3)13-22(12-18)32-4/h5-7,10-13,20H,8-9,14-16H2,1-4H3,(H,25,30)(H2,26,27,28). The number of aliphatic imine (C=N–C) groups is 1. The maximum absolute atomic E-state index is 11.8. The van der Waals surface area contributed by atoms with Crippen LogP contribution in [-0.2, 0) is 13.1 Å². The topological polar surface area (TPSA) is 87.2 Å². The van der Waals surface area contributed by atoms with E-state index in [0.717, 1.165) is 49.1 Å². The van der Waals surface area contributed by atoms with Crippen LogP contribution < -0.4 is 25.4 Å². The largest absolute Gasteiger partial charge is 0.497 e. The summed E-state index contributed by atoms with van der Waals surface area (Å²) in [5.41, 5.74) is 2.84. The number of hydrogen-bond acceptors (Lipinski definition) is 5. The van der Waals surface area contributed by atoms with Crippen LogP contribution in [0.2, 0.25) is 0 Å². The van der Waals surface area contributed by atoms with Gasteiger partial charge in [0.2, 0.25) is 0 Å². The molecule has 8 heteroatoms. The zero-order chi connectivity index (χ0) is 22.9. The van der Waals surface area contributed by atoms with Crippen LogP contribution in [0, 0.1) is 0 Å². The first kappa shape index (κ1) is 23.4. The molecule has 2 aromatic rings. The van der Waals surface area contributed by atoms with E-state index < -0.39 is 0 Å². The van der Waals surface area contributed by atoms with Gasteiger partial charge in [0.1, 0.15) is 11.5 Å². The van der Waals surface area contributed by atoms with Crippen LogP contribution in [0.5, 0.6) is 11.5 Å². The molecule has 0 saturated carbocycles. The Labute approximate surface area is 190 Å². The van der Waals surface area contributed by atoms with Crippen LogP contribution in [0.25, 0.3) is 0 Å². The highest BCUT2D eigenvalue weighted by atomic mass is 16.5. The van der Waals surface area contributed by atoms with Crippen molar-refractivity contribution in [3.63, 3.8) is 0 Å². The molecule has 172 valence electrons. The third-order valence-electron chi connectivity index (χ3n) is 5.53. The molecular formula is C24H33N5O3. The number of ether oxygens (including phenoxy) is 2. The highest BCUT2D eigenvalue weighted by Crippen LogP contribution is 2.24. The molecule has 1 unspecified atom stereocenters. The minimum absolute atomic E-state index is 0.0888. The van der Waals surface area contributed by atoms with Gasteiger partial charge in [-0.1, -0.05) is 12.1 Å². The third kappa shape index (κ3) is 6.37. The molecule has 0 spiro atoms. The van der Waals surface area contributed by atoms with Gasteiger partial charge in [-0.15, -0.1) is 0 Å². The van der Waals surface area contributed by atoms with Crippen molar-refractivity contribution in [2.24, 2.45) is 4.99 Å². The normalized spacial score (nSPS) is 16.5. The van der Waals surface area contributed by atoms with Crippen molar-refractivity contribution in [2.45, 2.75) is 25.6 Å². The van der Waals surface area contributed by atoms with E-state index in [1.54, 1.807) is 34.4 Å². The molecule has 1 saturated heterocycles. The molecule has 1 aliphatic rings. The Bertz CT molecular complexity index is 925. The van der Waals surface area contributed by atoms with Gasteiger partial charge in [0.05, 0.1) is 14.2 Å². The maximum Gasteiger partial charge on any atom is 0.251 e.